The van der Waals surface area contributed by atoms with Crippen LogP contribution in [0.5, 0.6) is 0 Å². The van der Waals surface area contributed by atoms with Crippen LogP contribution in [0.25, 0.3) is 0 Å². The molecule has 131 heavy (non-hydrogen) atoms. The highest BCUT2D eigenvalue weighted by atomic mass is 32.2. The van der Waals surface area contributed by atoms with Gasteiger partial charge in [-0.3, -0.25) is 110 Å². The maximum atomic E-state index is 14.1. The van der Waals surface area contributed by atoms with Crippen molar-refractivity contribution in [2.45, 2.75) is 236 Å². The van der Waals surface area contributed by atoms with Crippen molar-refractivity contribution in [2.75, 3.05) is 63.3 Å². The number of hydrogen-bond donors (Lipinski definition) is 26. The predicted octanol–water partition coefficient (Wildman–Crippen LogP) is -9.94. The third-order valence-corrected chi connectivity index (χ3v) is 20.3. The highest BCUT2D eigenvalue weighted by Crippen LogP contribution is 2.14. The zero-order chi connectivity index (χ0) is 99.3. The van der Waals surface area contributed by atoms with Crippen molar-refractivity contribution >= 4 is 165 Å². The second-order valence-corrected chi connectivity index (χ2v) is 33.0. The number of rotatable bonds is 66. The van der Waals surface area contributed by atoms with E-state index in [1.165, 1.54) is 44.3 Å². The summed E-state index contributed by atoms with van der Waals surface area (Å²) >= 11 is 2.67. The molecule has 0 aliphatic carbocycles. The lowest BCUT2D eigenvalue weighted by Crippen LogP contribution is -2.59. The van der Waals surface area contributed by atoms with Crippen LogP contribution >= 0.6 is 23.5 Å². The molecule has 52 heteroatoms. The highest BCUT2D eigenvalue weighted by Gasteiger charge is 2.38. The van der Waals surface area contributed by atoms with Crippen LogP contribution in [0.3, 0.4) is 0 Å². The minimum absolute atomic E-state index is 0.0264. The van der Waals surface area contributed by atoms with E-state index in [9.17, 15) is 130 Å². The molecular formula is C79H127N23O27S2. The second-order valence-electron chi connectivity index (χ2n) is 31.0. The molecule has 0 aliphatic rings. The first-order valence-corrected chi connectivity index (χ1v) is 44.6. The number of nitrogens with two attached hydrogens (primary N) is 5. The Balaban J connectivity index is 3.17. The van der Waals surface area contributed by atoms with Crippen LogP contribution in [0.4, 0.5) is 0 Å². The molecule has 0 fully saturated rings. The number of unbranched alkanes of at least 4 members (excludes halogenated alkanes) is 1. The van der Waals surface area contributed by atoms with Gasteiger partial charge in [0.25, 0.3) is 0 Å². The molecule has 50 nitrogen and oxygen atoms in total. The van der Waals surface area contributed by atoms with Gasteiger partial charge < -0.3 is 140 Å². The number of carboxylic acid groups (broad SMARTS) is 3. The fourth-order valence-electron chi connectivity index (χ4n) is 11.7. The third-order valence-electron chi connectivity index (χ3n) is 19.0. The van der Waals surface area contributed by atoms with Gasteiger partial charge in [0.05, 0.1) is 45.2 Å². The molecule has 0 saturated carbocycles. The van der Waals surface area contributed by atoms with Gasteiger partial charge in [-0.25, -0.2) is 4.79 Å². The Kier molecular flexibility index (Phi) is 55.3. The van der Waals surface area contributed by atoms with Crippen molar-refractivity contribution in [1.29, 1.82) is 0 Å². The van der Waals surface area contributed by atoms with Crippen molar-refractivity contribution in [3.8, 4) is 0 Å². The molecule has 1 aromatic carbocycles. The van der Waals surface area contributed by atoms with Crippen LogP contribution in [0.15, 0.2) is 30.3 Å². The number of benzene rings is 1. The van der Waals surface area contributed by atoms with E-state index in [0.29, 0.717) is 17.1 Å². The Morgan fingerprint density at radius 3 is 1.16 bits per heavy atom. The van der Waals surface area contributed by atoms with Crippen LogP contribution in [0.2, 0.25) is 0 Å². The Morgan fingerprint density at radius 2 is 0.702 bits per heavy atom. The fourth-order valence-corrected chi connectivity index (χ4v) is 12.7. The summed E-state index contributed by atoms with van der Waals surface area (Å²) in [5.41, 5.74) is 27.6. The van der Waals surface area contributed by atoms with Crippen LogP contribution in [-0.2, 0) is 121 Å². The molecule has 21 amide bonds. The zero-order valence-electron chi connectivity index (χ0n) is 74.4. The summed E-state index contributed by atoms with van der Waals surface area (Å²) in [7, 11) is 0. The number of amides is 21. The standard InChI is InChI=1S/C79H127N23O27S2/c1-39(2)31-52(70(119)89-38-62(110)102-65(40(3)4)78(127)98-50(27-30-131-9)75(124)99-51(79(128)129)20-24-57(84)105)100-74(123)47(19-23-56(83)104)94-68(117)43(7)90-60(108)36-85-58(106)34-87-66(115)41(5)91-71(120)46(17-13-14-28-80)96-73(122)48(21-25-63(111)112)97-77(126)54(33-64(113)114)101-76(125)53(32-44-15-11-10-12-16-44)93-61(109)37-86-59(107)35-88-67(116)42(6)92-72(121)49(26-29-130-8)95-69(118)45(81)18-22-55(82)103/h10-12,15-16,39-43,45-54,65H,13-14,17-38,80-81H2,1-9H3,(H2,82,103)(H2,83,104)(H2,84,105)(H,85,106)(H,86,107)(H,87,115)(H,88,116)(H,89,119)(H,90,108)(H,91,120)(H,92,121)(H,93,109)(H,94,117)(H,95,118)(H,96,122)(H,97,126)(H,98,127)(H,99,124)(H,100,123)(H,101,125)(H,102,110)(H,111,112)(H,113,114)(H,128,129)/t41-,42-,43-,45-,46-,47-,48-,49-,50-,51-,52-,53-,54-,65-/m0/s1. The normalized spacial score (nSPS) is 14.1. The van der Waals surface area contributed by atoms with Crippen molar-refractivity contribution in [3.63, 3.8) is 0 Å². The SMILES string of the molecule is CSCC[C@H](NC(=O)[C@@H](NC(=O)CNC(=O)[C@H](CC(C)C)NC(=O)[C@H](CCC(N)=O)NC(=O)[C@H](C)NC(=O)CNC(=O)CNC(=O)[C@H](C)NC(=O)[C@H](CCCCN)NC(=O)[C@H](CCC(=O)O)NC(=O)[C@H](CC(=O)O)NC(=O)[C@H](Cc1ccccc1)NC(=O)CNC(=O)CNC(=O)[C@H](C)NC(=O)[C@H](CCSC)NC(=O)[C@@H](N)CCC(N)=O)C(C)C)C(=O)N[C@@H](CCC(N)=O)C(=O)O. The van der Waals surface area contributed by atoms with Gasteiger partial charge in [0.1, 0.15) is 78.5 Å². The maximum Gasteiger partial charge on any atom is 0.326 e. The van der Waals surface area contributed by atoms with Crippen LogP contribution in [0.1, 0.15) is 150 Å². The zero-order valence-corrected chi connectivity index (χ0v) is 76.1. The number of primary amides is 3. The Hall–Kier alpha value is -12.9. The number of carbonyl (C=O) groups is 24. The summed E-state index contributed by atoms with van der Waals surface area (Å²) in [4.78, 5) is 313. The first-order chi connectivity index (χ1) is 61.5. The average molecular weight is 1900 g/mol. The van der Waals surface area contributed by atoms with E-state index in [-0.39, 0.29) is 83.1 Å². The molecule has 0 bridgehead atoms. The van der Waals surface area contributed by atoms with Crippen LogP contribution in [-0.4, -0.2) is 305 Å². The van der Waals surface area contributed by atoms with E-state index >= 15 is 0 Å². The van der Waals surface area contributed by atoms with Gasteiger partial charge in [-0.05, 0) is 133 Å². The van der Waals surface area contributed by atoms with Gasteiger partial charge in [0, 0.05) is 32.1 Å². The van der Waals surface area contributed by atoms with Gasteiger partial charge in [0.2, 0.25) is 124 Å². The largest absolute Gasteiger partial charge is 0.481 e. The molecule has 0 unspecified atom stereocenters. The Morgan fingerprint density at radius 1 is 0.336 bits per heavy atom. The minimum atomic E-state index is -2.07. The molecule has 1 rings (SSSR count). The molecule has 732 valence electrons. The van der Waals surface area contributed by atoms with Gasteiger partial charge in [-0.2, -0.15) is 23.5 Å². The molecule has 0 heterocycles. The van der Waals surface area contributed by atoms with Crippen LogP contribution in [0, 0.1) is 11.8 Å². The molecule has 0 aliphatic heterocycles. The van der Waals surface area contributed by atoms with Crippen molar-refractivity contribution < 1.29 is 130 Å². The number of thioether (sulfide) groups is 2. The van der Waals surface area contributed by atoms with Gasteiger partial charge >= 0.3 is 17.9 Å². The average Bonchev–Trinajstić information content (AvgIpc) is 0.825. The molecule has 14 atom stereocenters. The molecular weight excluding hydrogens is 1770 g/mol. The number of nitrogens with one attached hydrogen (secondary N) is 18. The van der Waals surface area contributed by atoms with Crippen molar-refractivity contribution in [2.24, 2.45) is 40.5 Å². The van der Waals surface area contributed by atoms with Gasteiger partial charge in [0.15, 0.2) is 0 Å². The first-order valence-electron chi connectivity index (χ1n) is 41.8. The highest BCUT2D eigenvalue weighted by molar-refractivity contribution is 7.98. The second kappa shape index (κ2) is 62.4. The van der Waals surface area contributed by atoms with Crippen molar-refractivity contribution in [1.82, 2.24) is 95.7 Å². The van der Waals surface area contributed by atoms with Gasteiger partial charge in [-0.1, -0.05) is 58.0 Å². The molecule has 31 N–H and O–H groups in total. The van der Waals surface area contributed by atoms with E-state index < -0.39 is 297 Å². The lowest BCUT2D eigenvalue weighted by Gasteiger charge is -2.27. The third kappa shape index (κ3) is 49.5. The van der Waals surface area contributed by atoms with E-state index in [1.54, 1.807) is 70.5 Å². The number of hydrogen-bond acceptors (Lipinski definition) is 28. The molecule has 0 aromatic heterocycles. The smallest absolute Gasteiger partial charge is 0.326 e. The number of aliphatic carboxylic acids is 3. The summed E-state index contributed by atoms with van der Waals surface area (Å²) in [5, 5.41) is 71.5. The van der Waals surface area contributed by atoms with E-state index in [4.69, 9.17) is 28.7 Å². The predicted molar refractivity (Wildman–Crippen MR) is 471 cm³/mol. The monoisotopic (exact) mass is 1890 g/mol. The van der Waals surface area contributed by atoms with Crippen molar-refractivity contribution in [3.05, 3.63) is 35.9 Å². The van der Waals surface area contributed by atoms with E-state index in [2.05, 4.69) is 95.7 Å². The molecule has 0 spiro atoms. The maximum absolute atomic E-state index is 14.1. The van der Waals surface area contributed by atoms with Gasteiger partial charge in [-0.15, -0.1) is 0 Å². The Labute approximate surface area is 763 Å². The number of carboxylic acids is 3. The fraction of sp³-hybridized carbons (Fsp3) is 0.620. The summed E-state index contributed by atoms with van der Waals surface area (Å²) < 4.78 is 0. The molecule has 0 radical (unpaired) electrons. The quantitative estimate of drug-likeness (QED) is 0.0269. The van der Waals surface area contributed by atoms with E-state index in [0.717, 1.165) is 0 Å². The van der Waals surface area contributed by atoms with E-state index in [1.807, 2.05) is 0 Å². The van der Waals surface area contributed by atoms with Crippen LogP contribution < -0.4 is 124 Å². The number of carbonyl (C=O) groups excluding carboxylic acids is 21. The molecule has 1 aromatic rings. The summed E-state index contributed by atoms with van der Waals surface area (Å²) in [5.74, 6) is -25.0. The lowest BCUT2D eigenvalue weighted by molar-refractivity contribution is -0.143. The summed E-state index contributed by atoms with van der Waals surface area (Å²) in [6.45, 7) is 6.23. The Bertz CT molecular complexity index is 4130. The first kappa shape index (κ1) is 116. The topological polar surface area (TPSA) is 817 Å². The summed E-state index contributed by atoms with van der Waals surface area (Å²) in [6.07, 6.45) is -1.16. The molecule has 0 saturated heterocycles. The minimum Gasteiger partial charge on any atom is -0.481 e. The summed E-state index contributed by atoms with van der Waals surface area (Å²) in [6, 6.07) is -13.0. The lowest BCUT2D eigenvalue weighted by atomic mass is 10.0.